The van der Waals surface area contributed by atoms with Gasteiger partial charge in [-0.25, -0.2) is 9.97 Å². The van der Waals surface area contributed by atoms with Crippen molar-refractivity contribution in [3.63, 3.8) is 0 Å². The molecule has 112 valence electrons. The van der Waals surface area contributed by atoms with Crippen LogP contribution in [0.5, 0.6) is 0 Å². The summed E-state index contributed by atoms with van der Waals surface area (Å²) in [6.45, 7) is 6.09. The third kappa shape index (κ3) is 3.04. The molecular formula is C18H18ClN3. The first kappa shape index (κ1) is 14.8. The topological polar surface area (TPSA) is 37.8 Å². The first-order valence-corrected chi connectivity index (χ1v) is 7.68. The van der Waals surface area contributed by atoms with E-state index >= 15 is 0 Å². The van der Waals surface area contributed by atoms with Gasteiger partial charge in [0.1, 0.15) is 11.6 Å². The number of nitrogens with zero attached hydrogens (tertiary/aromatic N) is 2. The average Bonchev–Trinajstić information content (AvgIpc) is 2.48. The third-order valence-electron chi connectivity index (χ3n) is 3.66. The molecule has 3 rings (SSSR count). The zero-order valence-corrected chi connectivity index (χ0v) is 13.6. The molecule has 4 heteroatoms. The van der Waals surface area contributed by atoms with Crippen molar-refractivity contribution < 1.29 is 0 Å². The summed E-state index contributed by atoms with van der Waals surface area (Å²) >= 11 is 6.08. The van der Waals surface area contributed by atoms with Crippen molar-refractivity contribution >= 4 is 28.3 Å². The average molecular weight is 312 g/mol. The van der Waals surface area contributed by atoms with Gasteiger partial charge in [0.2, 0.25) is 0 Å². The molecule has 0 aliphatic carbocycles. The molecule has 0 saturated heterocycles. The van der Waals surface area contributed by atoms with Crippen molar-refractivity contribution in [1.82, 2.24) is 9.97 Å². The van der Waals surface area contributed by atoms with Crippen molar-refractivity contribution in [3.8, 4) is 0 Å². The highest BCUT2D eigenvalue weighted by molar-refractivity contribution is 6.30. The van der Waals surface area contributed by atoms with E-state index in [1.54, 1.807) is 0 Å². The number of benzene rings is 2. The number of nitrogens with one attached hydrogen (secondary N) is 1. The molecule has 0 amide bonds. The highest BCUT2D eigenvalue weighted by Gasteiger charge is 2.11. The van der Waals surface area contributed by atoms with Gasteiger partial charge >= 0.3 is 0 Å². The van der Waals surface area contributed by atoms with Crippen LogP contribution in [-0.4, -0.2) is 9.97 Å². The fourth-order valence-electron chi connectivity index (χ4n) is 2.53. The van der Waals surface area contributed by atoms with Crippen molar-refractivity contribution in [3.05, 3.63) is 64.4 Å². The molecule has 3 aromatic rings. The van der Waals surface area contributed by atoms with Crippen LogP contribution >= 0.6 is 11.6 Å². The summed E-state index contributed by atoms with van der Waals surface area (Å²) < 4.78 is 0. The minimum atomic E-state index is 0.108. The molecule has 1 heterocycles. The summed E-state index contributed by atoms with van der Waals surface area (Å²) in [5.41, 5.74) is 3.28. The summed E-state index contributed by atoms with van der Waals surface area (Å²) in [5, 5.41) is 5.27. The fraction of sp³-hybridized carbons (Fsp3) is 0.222. The first-order valence-electron chi connectivity index (χ1n) is 7.30. The molecule has 0 spiro atoms. The monoisotopic (exact) mass is 311 g/mol. The van der Waals surface area contributed by atoms with E-state index < -0.39 is 0 Å². The Balaban J connectivity index is 2.01. The quantitative estimate of drug-likeness (QED) is 0.733. The summed E-state index contributed by atoms with van der Waals surface area (Å²) in [5.74, 6) is 1.62. The fourth-order valence-corrected chi connectivity index (χ4v) is 2.73. The van der Waals surface area contributed by atoms with Crippen LogP contribution in [0.15, 0.2) is 42.5 Å². The van der Waals surface area contributed by atoms with E-state index in [0.29, 0.717) is 0 Å². The maximum Gasteiger partial charge on any atom is 0.138 e. The minimum Gasteiger partial charge on any atom is -0.363 e. The van der Waals surface area contributed by atoms with Gasteiger partial charge < -0.3 is 5.32 Å². The van der Waals surface area contributed by atoms with Gasteiger partial charge in [0, 0.05) is 10.4 Å². The lowest BCUT2D eigenvalue weighted by atomic mass is 10.1. The Kier molecular flexibility index (Phi) is 3.99. The lowest BCUT2D eigenvalue weighted by Gasteiger charge is -2.17. The molecule has 0 aliphatic rings. The molecule has 0 radical (unpaired) electrons. The molecule has 1 atom stereocenters. The Morgan fingerprint density at radius 1 is 1.05 bits per heavy atom. The van der Waals surface area contributed by atoms with Crippen LogP contribution in [0.3, 0.4) is 0 Å². The lowest BCUT2D eigenvalue weighted by Crippen LogP contribution is -2.09. The van der Waals surface area contributed by atoms with Gasteiger partial charge in [0.05, 0.1) is 11.6 Å². The number of hydrogen-bond acceptors (Lipinski definition) is 3. The zero-order chi connectivity index (χ0) is 15.7. The Bertz CT molecular complexity index is 830. The number of rotatable bonds is 3. The number of anilines is 1. The van der Waals surface area contributed by atoms with Gasteiger partial charge in [-0.3, -0.25) is 0 Å². The van der Waals surface area contributed by atoms with Gasteiger partial charge in [-0.2, -0.15) is 0 Å². The largest absolute Gasteiger partial charge is 0.363 e. The van der Waals surface area contributed by atoms with Crippen molar-refractivity contribution in [2.45, 2.75) is 26.8 Å². The second-order valence-corrected chi connectivity index (χ2v) is 6.00. The molecule has 0 fully saturated rings. The summed E-state index contributed by atoms with van der Waals surface area (Å²) in [6.07, 6.45) is 0. The predicted octanol–water partition coefficient (Wildman–Crippen LogP) is 5.07. The van der Waals surface area contributed by atoms with E-state index in [4.69, 9.17) is 11.6 Å². The van der Waals surface area contributed by atoms with Crippen molar-refractivity contribution in [2.24, 2.45) is 0 Å². The van der Waals surface area contributed by atoms with E-state index in [9.17, 15) is 0 Å². The molecule has 1 aromatic heterocycles. The highest BCUT2D eigenvalue weighted by atomic mass is 35.5. The van der Waals surface area contributed by atoms with Crippen LogP contribution in [0.1, 0.15) is 29.9 Å². The molecule has 1 N–H and O–H groups in total. The number of halogens is 1. The third-order valence-corrected chi connectivity index (χ3v) is 3.90. The van der Waals surface area contributed by atoms with Crippen molar-refractivity contribution in [1.29, 1.82) is 0 Å². The molecule has 0 saturated carbocycles. The summed E-state index contributed by atoms with van der Waals surface area (Å²) in [4.78, 5) is 9.07. The van der Waals surface area contributed by atoms with Crippen LogP contribution in [0.4, 0.5) is 5.82 Å². The number of aryl methyl sites for hydroxylation is 2. The zero-order valence-electron chi connectivity index (χ0n) is 12.9. The smallest absolute Gasteiger partial charge is 0.138 e. The predicted molar refractivity (Wildman–Crippen MR) is 92.5 cm³/mol. The van der Waals surface area contributed by atoms with Gasteiger partial charge in [0.25, 0.3) is 0 Å². The Labute approximate surface area is 135 Å². The van der Waals surface area contributed by atoms with E-state index in [-0.39, 0.29) is 6.04 Å². The van der Waals surface area contributed by atoms with E-state index in [2.05, 4.69) is 47.3 Å². The normalized spacial score (nSPS) is 12.4. The van der Waals surface area contributed by atoms with Gasteiger partial charge in [-0.05, 0) is 50.6 Å². The standard InChI is InChI=1S/C18H18ClN3/c1-11-7-8-17-16(9-11)18(22-13(3)21-17)20-12(2)14-5-4-6-15(19)10-14/h4-10,12H,1-3H3,(H,20,21,22)/t12-/m1/s1. The van der Waals surface area contributed by atoms with E-state index in [1.807, 2.05) is 31.2 Å². The summed E-state index contributed by atoms with van der Waals surface area (Å²) in [6, 6.07) is 14.2. The minimum absolute atomic E-state index is 0.108. The van der Waals surface area contributed by atoms with E-state index in [1.165, 1.54) is 5.56 Å². The molecule has 2 aromatic carbocycles. The maximum atomic E-state index is 6.08. The second kappa shape index (κ2) is 5.93. The molecule has 0 bridgehead atoms. The number of fused-ring (bicyclic) bond motifs is 1. The number of hydrogen-bond donors (Lipinski definition) is 1. The Hall–Kier alpha value is -2.13. The van der Waals surface area contributed by atoms with E-state index in [0.717, 1.165) is 33.1 Å². The van der Waals surface area contributed by atoms with Crippen LogP contribution in [-0.2, 0) is 0 Å². The maximum absolute atomic E-state index is 6.08. The highest BCUT2D eigenvalue weighted by Crippen LogP contribution is 2.26. The Morgan fingerprint density at radius 3 is 2.64 bits per heavy atom. The second-order valence-electron chi connectivity index (χ2n) is 5.56. The molecule has 3 nitrogen and oxygen atoms in total. The van der Waals surface area contributed by atoms with Crippen LogP contribution in [0.25, 0.3) is 10.9 Å². The van der Waals surface area contributed by atoms with Crippen LogP contribution in [0.2, 0.25) is 5.02 Å². The van der Waals surface area contributed by atoms with Gasteiger partial charge in [-0.1, -0.05) is 35.4 Å². The summed E-state index contributed by atoms with van der Waals surface area (Å²) in [7, 11) is 0. The molecule has 0 aliphatic heterocycles. The van der Waals surface area contributed by atoms with Crippen LogP contribution in [0, 0.1) is 13.8 Å². The molecular weight excluding hydrogens is 294 g/mol. The lowest BCUT2D eigenvalue weighted by molar-refractivity contribution is 0.872. The van der Waals surface area contributed by atoms with Crippen LogP contribution < -0.4 is 5.32 Å². The number of aromatic nitrogens is 2. The first-order chi connectivity index (χ1) is 10.5. The van der Waals surface area contributed by atoms with Gasteiger partial charge in [-0.15, -0.1) is 0 Å². The molecule has 22 heavy (non-hydrogen) atoms. The SMILES string of the molecule is Cc1ccc2nc(C)nc(N[C@H](C)c3cccc(Cl)c3)c2c1. The van der Waals surface area contributed by atoms with Crippen molar-refractivity contribution in [2.75, 3.05) is 5.32 Å². The molecule has 0 unspecified atom stereocenters. The van der Waals surface area contributed by atoms with Gasteiger partial charge in [0.15, 0.2) is 0 Å². The Morgan fingerprint density at radius 2 is 1.86 bits per heavy atom.